The number of hydrogen-bond acceptors (Lipinski definition) is 5. The van der Waals surface area contributed by atoms with E-state index in [9.17, 15) is 4.79 Å². The molecule has 1 aliphatic rings. The Labute approximate surface area is 187 Å². The molecule has 0 radical (unpaired) electrons. The molecular formula is C25H28N2O3S. The first-order chi connectivity index (χ1) is 15.2. The van der Waals surface area contributed by atoms with Gasteiger partial charge in [-0.05, 0) is 37.5 Å². The number of carbonyl (C=O) groups is 1. The third kappa shape index (κ3) is 5.71. The number of ether oxygens (including phenoxy) is 2. The standard InChI is InChI=1S/C25H28N2O3S/c1-2-29-23-11-7-6-10-22(23)25-26-20(18-31-25)16-24(28)27-14-12-21(13-15-27)30-17-19-8-4-3-5-9-19/h3-11,18,21H,2,12-17H2,1H3. The van der Waals surface area contributed by atoms with Gasteiger partial charge in [-0.25, -0.2) is 4.98 Å². The van der Waals surface area contributed by atoms with Crippen molar-refractivity contribution in [3.63, 3.8) is 0 Å². The van der Waals surface area contributed by atoms with Gasteiger partial charge in [0.1, 0.15) is 10.8 Å². The van der Waals surface area contributed by atoms with Gasteiger partial charge in [-0.2, -0.15) is 0 Å². The van der Waals surface area contributed by atoms with E-state index in [-0.39, 0.29) is 12.0 Å². The number of aromatic nitrogens is 1. The second-order valence-electron chi connectivity index (χ2n) is 7.63. The molecule has 2 heterocycles. The first kappa shape index (κ1) is 21.5. The summed E-state index contributed by atoms with van der Waals surface area (Å²) >= 11 is 1.55. The van der Waals surface area contributed by atoms with E-state index in [4.69, 9.17) is 14.5 Å². The Balaban J connectivity index is 1.28. The highest BCUT2D eigenvalue weighted by Gasteiger charge is 2.24. The molecule has 31 heavy (non-hydrogen) atoms. The quantitative estimate of drug-likeness (QED) is 0.501. The smallest absolute Gasteiger partial charge is 0.228 e. The summed E-state index contributed by atoms with van der Waals surface area (Å²) in [5.41, 5.74) is 2.98. The van der Waals surface area contributed by atoms with Crippen molar-refractivity contribution < 1.29 is 14.3 Å². The zero-order chi connectivity index (χ0) is 21.5. The van der Waals surface area contributed by atoms with Crippen molar-refractivity contribution in [2.45, 2.75) is 38.9 Å². The number of piperidine rings is 1. The van der Waals surface area contributed by atoms with Gasteiger partial charge >= 0.3 is 0 Å². The van der Waals surface area contributed by atoms with Crippen molar-refractivity contribution in [3.8, 4) is 16.3 Å². The molecule has 1 saturated heterocycles. The largest absolute Gasteiger partial charge is 0.493 e. The molecule has 1 aliphatic heterocycles. The van der Waals surface area contributed by atoms with Crippen LogP contribution in [0.15, 0.2) is 60.0 Å². The maximum absolute atomic E-state index is 12.8. The van der Waals surface area contributed by atoms with Crippen LogP contribution in [0.2, 0.25) is 0 Å². The van der Waals surface area contributed by atoms with E-state index in [1.165, 1.54) is 5.56 Å². The minimum absolute atomic E-state index is 0.136. The fraction of sp³-hybridized carbons (Fsp3) is 0.360. The van der Waals surface area contributed by atoms with Gasteiger partial charge in [0.2, 0.25) is 5.91 Å². The van der Waals surface area contributed by atoms with Gasteiger partial charge in [0.25, 0.3) is 0 Å². The lowest BCUT2D eigenvalue weighted by atomic mass is 10.1. The molecule has 1 amide bonds. The van der Waals surface area contributed by atoms with Crippen molar-refractivity contribution in [2.75, 3.05) is 19.7 Å². The summed E-state index contributed by atoms with van der Waals surface area (Å²) in [4.78, 5) is 19.4. The minimum atomic E-state index is 0.136. The molecule has 0 unspecified atom stereocenters. The van der Waals surface area contributed by atoms with E-state index in [0.29, 0.717) is 19.6 Å². The molecule has 1 fully saturated rings. The summed E-state index contributed by atoms with van der Waals surface area (Å²) in [6.45, 7) is 4.69. The second-order valence-corrected chi connectivity index (χ2v) is 8.48. The van der Waals surface area contributed by atoms with Crippen molar-refractivity contribution in [1.29, 1.82) is 0 Å². The highest BCUT2D eigenvalue weighted by molar-refractivity contribution is 7.13. The monoisotopic (exact) mass is 436 g/mol. The third-order valence-electron chi connectivity index (χ3n) is 5.42. The molecule has 0 bridgehead atoms. The van der Waals surface area contributed by atoms with E-state index in [1.807, 2.05) is 59.7 Å². The molecule has 4 rings (SSSR count). The van der Waals surface area contributed by atoms with E-state index in [0.717, 1.165) is 47.9 Å². The predicted molar refractivity (Wildman–Crippen MR) is 123 cm³/mol. The Morgan fingerprint density at radius 1 is 1.10 bits per heavy atom. The maximum atomic E-state index is 12.8. The topological polar surface area (TPSA) is 51.7 Å². The van der Waals surface area contributed by atoms with E-state index >= 15 is 0 Å². The zero-order valence-electron chi connectivity index (χ0n) is 17.8. The van der Waals surface area contributed by atoms with Crippen LogP contribution in [-0.4, -0.2) is 41.6 Å². The van der Waals surface area contributed by atoms with Crippen LogP contribution >= 0.6 is 11.3 Å². The van der Waals surface area contributed by atoms with E-state index in [2.05, 4.69) is 12.1 Å². The summed E-state index contributed by atoms with van der Waals surface area (Å²) in [7, 11) is 0. The van der Waals surface area contributed by atoms with Gasteiger partial charge in [-0.15, -0.1) is 11.3 Å². The van der Waals surface area contributed by atoms with Gasteiger partial charge in [0.05, 0.1) is 37.0 Å². The van der Waals surface area contributed by atoms with Crippen molar-refractivity contribution in [2.24, 2.45) is 0 Å². The first-order valence-electron chi connectivity index (χ1n) is 10.8. The lowest BCUT2D eigenvalue weighted by Gasteiger charge is -2.32. The zero-order valence-corrected chi connectivity index (χ0v) is 18.6. The molecule has 0 atom stereocenters. The Morgan fingerprint density at radius 3 is 2.61 bits per heavy atom. The Bertz CT molecular complexity index is 981. The van der Waals surface area contributed by atoms with Gasteiger partial charge in [-0.1, -0.05) is 42.5 Å². The first-order valence-corrected chi connectivity index (χ1v) is 11.7. The number of nitrogens with zero attached hydrogens (tertiary/aromatic N) is 2. The SMILES string of the molecule is CCOc1ccccc1-c1nc(CC(=O)N2CCC(OCc3ccccc3)CC2)cs1. The average molecular weight is 437 g/mol. The Morgan fingerprint density at radius 2 is 1.84 bits per heavy atom. The Kier molecular flexibility index (Phi) is 7.33. The predicted octanol–water partition coefficient (Wildman–Crippen LogP) is 4.96. The number of carbonyl (C=O) groups excluding carboxylic acids is 1. The second kappa shape index (κ2) is 10.6. The molecule has 162 valence electrons. The van der Waals surface area contributed by atoms with Crippen LogP contribution in [0.5, 0.6) is 5.75 Å². The molecule has 0 aliphatic carbocycles. The summed E-state index contributed by atoms with van der Waals surface area (Å²) in [5, 5.41) is 2.87. The Hall–Kier alpha value is -2.70. The summed E-state index contributed by atoms with van der Waals surface area (Å²) < 4.78 is 11.8. The molecule has 1 aromatic heterocycles. The van der Waals surface area contributed by atoms with Crippen LogP contribution in [0.1, 0.15) is 31.0 Å². The number of para-hydroxylation sites is 1. The number of amides is 1. The maximum Gasteiger partial charge on any atom is 0.228 e. The molecule has 5 nitrogen and oxygen atoms in total. The average Bonchev–Trinajstić information content (AvgIpc) is 3.27. The molecule has 3 aromatic rings. The minimum Gasteiger partial charge on any atom is -0.493 e. The number of likely N-dealkylation sites (tertiary alicyclic amines) is 1. The third-order valence-corrected chi connectivity index (χ3v) is 6.35. The highest BCUT2D eigenvalue weighted by atomic mass is 32.1. The number of hydrogen-bond donors (Lipinski definition) is 0. The van der Waals surface area contributed by atoms with E-state index < -0.39 is 0 Å². The summed E-state index contributed by atoms with van der Waals surface area (Å²) in [6, 6.07) is 18.1. The summed E-state index contributed by atoms with van der Waals surface area (Å²) in [6.07, 6.45) is 2.30. The van der Waals surface area contributed by atoms with Crippen molar-refractivity contribution >= 4 is 17.2 Å². The number of benzene rings is 2. The van der Waals surface area contributed by atoms with Gasteiger partial charge in [0.15, 0.2) is 0 Å². The normalized spacial score (nSPS) is 14.5. The molecule has 0 spiro atoms. The van der Waals surface area contributed by atoms with Crippen LogP contribution in [-0.2, 0) is 22.6 Å². The van der Waals surface area contributed by atoms with Crippen LogP contribution in [0.3, 0.4) is 0 Å². The molecule has 6 heteroatoms. The van der Waals surface area contributed by atoms with Gasteiger partial charge < -0.3 is 14.4 Å². The van der Waals surface area contributed by atoms with Crippen LogP contribution < -0.4 is 4.74 Å². The van der Waals surface area contributed by atoms with Crippen LogP contribution in [0, 0.1) is 0 Å². The highest BCUT2D eigenvalue weighted by Crippen LogP contribution is 2.32. The van der Waals surface area contributed by atoms with Gasteiger partial charge in [-0.3, -0.25) is 4.79 Å². The van der Waals surface area contributed by atoms with Gasteiger partial charge in [0, 0.05) is 18.5 Å². The van der Waals surface area contributed by atoms with Crippen molar-refractivity contribution in [3.05, 3.63) is 71.2 Å². The number of thiazole rings is 1. The van der Waals surface area contributed by atoms with Crippen LogP contribution in [0.4, 0.5) is 0 Å². The van der Waals surface area contributed by atoms with E-state index in [1.54, 1.807) is 11.3 Å². The molecule has 0 N–H and O–H groups in total. The lowest BCUT2D eigenvalue weighted by Crippen LogP contribution is -2.41. The molecule has 2 aromatic carbocycles. The lowest BCUT2D eigenvalue weighted by molar-refractivity contribution is -0.133. The summed E-state index contributed by atoms with van der Waals surface area (Å²) in [5.74, 6) is 0.964. The fourth-order valence-corrected chi connectivity index (χ4v) is 4.61. The van der Waals surface area contributed by atoms with Crippen molar-refractivity contribution in [1.82, 2.24) is 9.88 Å². The fourth-order valence-electron chi connectivity index (χ4n) is 3.76. The number of rotatable bonds is 8. The molecule has 0 saturated carbocycles. The molecular weight excluding hydrogens is 408 g/mol. The van der Waals surface area contributed by atoms with Crippen LogP contribution in [0.25, 0.3) is 10.6 Å².